The number of unbranched alkanes of at least 4 members (excludes halogenated alkanes) is 1. The molecule has 0 aromatic heterocycles. The van der Waals surface area contributed by atoms with Crippen LogP contribution in [0.5, 0.6) is 0 Å². The molecule has 0 saturated carbocycles. The van der Waals surface area contributed by atoms with E-state index in [0.29, 0.717) is 43.1 Å². The van der Waals surface area contributed by atoms with Crippen molar-refractivity contribution >= 4 is 28.5 Å². The molecule has 1 saturated heterocycles. The van der Waals surface area contributed by atoms with Crippen molar-refractivity contribution in [1.29, 1.82) is 0 Å². The summed E-state index contributed by atoms with van der Waals surface area (Å²) in [6, 6.07) is 6.99. The summed E-state index contributed by atoms with van der Waals surface area (Å²) in [5.41, 5.74) is 1.28. The molecule has 0 spiro atoms. The molecule has 0 aliphatic carbocycles. The molecule has 2 rings (SSSR count). The van der Waals surface area contributed by atoms with Gasteiger partial charge in [0.25, 0.3) is 5.91 Å². The largest absolute Gasteiger partial charge is 0.372 e. The Morgan fingerprint density at radius 3 is 2.39 bits per heavy atom. The first kappa shape index (κ1) is 22.5. The smallest absolute Gasteiger partial charge is 0.254 e. The van der Waals surface area contributed by atoms with Crippen LogP contribution in [0.4, 0.5) is 5.69 Å². The molecule has 1 aromatic carbocycles. The lowest BCUT2D eigenvalue weighted by molar-refractivity contribution is -0.116. The molecule has 2 amide bonds. The summed E-state index contributed by atoms with van der Waals surface area (Å²) in [6.07, 6.45) is 1.99. The number of carbonyl (C=O) groups excluding carboxylic acids is 2. The van der Waals surface area contributed by atoms with Crippen molar-refractivity contribution in [2.45, 2.75) is 52.2 Å². The highest BCUT2D eigenvalue weighted by atomic mass is 32.2. The van der Waals surface area contributed by atoms with Crippen molar-refractivity contribution in [1.82, 2.24) is 9.62 Å². The maximum absolute atomic E-state index is 12.7. The minimum Gasteiger partial charge on any atom is -0.372 e. The summed E-state index contributed by atoms with van der Waals surface area (Å²) in [5, 5.41) is 2.85. The fraction of sp³-hybridized carbons (Fsp3) is 0.600. The fourth-order valence-corrected chi connectivity index (χ4v) is 3.72. The summed E-state index contributed by atoms with van der Waals surface area (Å²) >= 11 is 0. The van der Waals surface area contributed by atoms with Crippen LogP contribution in [0.15, 0.2) is 24.3 Å². The number of benzene rings is 1. The number of carbonyl (C=O) groups is 2. The van der Waals surface area contributed by atoms with Crippen molar-refractivity contribution < 1.29 is 18.5 Å². The third-order valence-electron chi connectivity index (χ3n) is 4.48. The highest BCUT2D eigenvalue weighted by Crippen LogP contribution is 2.16. The van der Waals surface area contributed by atoms with Gasteiger partial charge in [-0.15, -0.1) is 0 Å². The SMILES string of the molecule is CCS(=O)NCCCCC(=O)Nc1ccc(C(=O)N2CC(C)OC(C)C2)cc1. The zero-order valence-corrected chi connectivity index (χ0v) is 17.7. The Morgan fingerprint density at radius 2 is 1.79 bits per heavy atom. The van der Waals surface area contributed by atoms with E-state index in [2.05, 4.69) is 10.0 Å². The minimum absolute atomic E-state index is 0.0168. The Balaban J connectivity index is 1.76. The zero-order valence-electron chi connectivity index (χ0n) is 16.9. The van der Waals surface area contributed by atoms with Gasteiger partial charge in [0.15, 0.2) is 0 Å². The monoisotopic (exact) mass is 409 g/mol. The quantitative estimate of drug-likeness (QED) is 0.613. The Morgan fingerprint density at radius 1 is 1.14 bits per heavy atom. The van der Waals surface area contributed by atoms with Gasteiger partial charge in [0, 0.05) is 43.1 Å². The van der Waals surface area contributed by atoms with E-state index in [1.807, 2.05) is 25.7 Å². The Hall–Kier alpha value is -1.77. The van der Waals surface area contributed by atoms with Gasteiger partial charge in [0.2, 0.25) is 5.91 Å². The molecule has 3 atom stereocenters. The Labute approximate surface area is 169 Å². The van der Waals surface area contributed by atoms with Crippen LogP contribution >= 0.6 is 0 Å². The summed E-state index contributed by atoms with van der Waals surface area (Å²) in [7, 11) is -0.974. The molecule has 156 valence electrons. The van der Waals surface area contributed by atoms with Gasteiger partial charge in [-0.1, -0.05) is 6.92 Å². The van der Waals surface area contributed by atoms with E-state index in [1.165, 1.54) is 0 Å². The van der Waals surface area contributed by atoms with Gasteiger partial charge >= 0.3 is 0 Å². The molecule has 1 fully saturated rings. The van der Waals surface area contributed by atoms with Crippen LogP contribution in [-0.2, 0) is 20.5 Å². The van der Waals surface area contributed by atoms with E-state index < -0.39 is 11.0 Å². The number of morpholine rings is 1. The molecule has 1 aliphatic rings. The first-order valence-electron chi connectivity index (χ1n) is 9.85. The van der Waals surface area contributed by atoms with E-state index in [-0.39, 0.29) is 24.0 Å². The topological polar surface area (TPSA) is 87.7 Å². The predicted molar refractivity (Wildman–Crippen MR) is 112 cm³/mol. The number of hydrogen-bond acceptors (Lipinski definition) is 4. The fourth-order valence-electron chi connectivity index (χ4n) is 3.14. The molecule has 0 radical (unpaired) electrons. The van der Waals surface area contributed by atoms with Gasteiger partial charge in [-0.25, -0.2) is 8.93 Å². The Bertz CT molecular complexity index is 671. The first-order chi connectivity index (χ1) is 13.4. The highest BCUT2D eigenvalue weighted by molar-refractivity contribution is 7.82. The number of rotatable bonds is 9. The zero-order chi connectivity index (χ0) is 20.5. The second-order valence-corrected chi connectivity index (χ2v) is 8.64. The molecule has 1 aromatic rings. The van der Waals surface area contributed by atoms with E-state index in [1.54, 1.807) is 24.3 Å². The molecular formula is C20H31N3O4S. The van der Waals surface area contributed by atoms with Crippen LogP contribution in [0.1, 0.15) is 50.4 Å². The number of ether oxygens (including phenoxy) is 1. The van der Waals surface area contributed by atoms with Gasteiger partial charge in [0.05, 0.1) is 23.2 Å². The van der Waals surface area contributed by atoms with Gasteiger partial charge in [0.1, 0.15) is 0 Å². The average molecular weight is 410 g/mol. The van der Waals surface area contributed by atoms with E-state index in [9.17, 15) is 13.8 Å². The van der Waals surface area contributed by atoms with Crippen molar-refractivity contribution in [2.75, 3.05) is 30.7 Å². The lowest BCUT2D eigenvalue weighted by atomic mass is 10.1. The van der Waals surface area contributed by atoms with Crippen molar-refractivity contribution in [2.24, 2.45) is 0 Å². The summed E-state index contributed by atoms with van der Waals surface area (Å²) in [4.78, 5) is 26.5. The molecule has 0 bridgehead atoms. The van der Waals surface area contributed by atoms with Crippen molar-refractivity contribution in [3.8, 4) is 0 Å². The van der Waals surface area contributed by atoms with Crippen LogP contribution in [0.2, 0.25) is 0 Å². The van der Waals surface area contributed by atoms with E-state index >= 15 is 0 Å². The number of nitrogens with zero attached hydrogens (tertiary/aromatic N) is 1. The van der Waals surface area contributed by atoms with Gasteiger partial charge < -0.3 is 15.0 Å². The standard InChI is InChI=1S/C20H31N3O4S/c1-4-28(26)21-12-6-5-7-19(24)22-18-10-8-17(9-11-18)20(25)23-13-15(2)27-16(3)14-23/h8-11,15-16,21H,4-7,12-14H2,1-3H3,(H,22,24). The third kappa shape index (κ3) is 7.33. The maximum atomic E-state index is 12.7. The normalized spacial score (nSPS) is 20.6. The Kier molecular flexibility index (Phi) is 9.08. The number of amides is 2. The predicted octanol–water partition coefficient (Wildman–Crippen LogP) is 2.32. The molecule has 7 nitrogen and oxygen atoms in total. The van der Waals surface area contributed by atoms with Crippen LogP contribution in [0.3, 0.4) is 0 Å². The van der Waals surface area contributed by atoms with Gasteiger partial charge in [-0.3, -0.25) is 9.59 Å². The lowest BCUT2D eigenvalue weighted by Gasteiger charge is -2.35. The lowest BCUT2D eigenvalue weighted by Crippen LogP contribution is -2.48. The summed E-state index contributed by atoms with van der Waals surface area (Å²) in [6.45, 7) is 7.60. The number of hydrogen-bond donors (Lipinski definition) is 2. The van der Waals surface area contributed by atoms with Crippen molar-refractivity contribution in [3.05, 3.63) is 29.8 Å². The molecule has 2 N–H and O–H groups in total. The number of nitrogens with one attached hydrogen (secondary N) is 2. The summed E-state index contributed by atoms with van der Waals surface area (Å²) < 4.78 is 19.8. The molecule has 8 heteroatoms. The second-order valence-electron chi connectivity index (χ2n) is 7.08. The van der Waals surface area contributed by atoms with Crippen LogP contribution in [-0.4, -0.2) is 58.5 Å². The maximum Gasteiger partial charge on any atom is 0.254 e. The highest BCUT2D eigenvalue weighted by Gasteiger charge is 2.26. The van der Waals surface area contributed by atoms with Gasteiger partial charge in [-0.2, -0.15) is 0 Å². The molecule has 1 heterocycles. The van der Waals surface area contributed by atoms with Gasteiger partial charge in [-0.05, 0) is 51.0 Å². The molecule has 1 aliphatic heterocycles. The second kappa shape index (κ2) is 11.3. The van der Waals surface area contributed by atoms with Crippen molar-refractivity contribution in [3.63, 3.8) is 0 Å². The average Bonchev–Trinajstić information content (AvgIpc) is 2.66. The number of anilines is 1. The summed E-state index contributed by atoms with van der Waals surface area (Å²) in [5.74, 6) is 0.506. The minimum atomic E-state index is -0.974. The first-order valence-corrected chi connectivity index (χ1v) is 11.2. The van der Waals surface area contributed by atoms with E-state index in [0.717, 1.165) is 12.8 Å². The van der Waals surface area contributed by atoms with Crippen LogP contribution < -0.4 is 10.0 Å². The van der Waals surface area contributed by atoms with Crippen LogP contribution in [0.25, 0.3) is 0 Å². The molecule has 3 unspecified atom stereocenters. The van der Waals surface area contributed by atoms with Crippen LogP contribution in [0, 0.1) is 0 Å². The molecular weight excluding hydrogens is 378 g/mol. The molecule has 28 heavy (non-hydrogen) atoms. The van der Waals surface area contributed by atoms with E-state index in [4.69, 9.17) is 4.74 Å². The third-order valence-corrected chi connectivity index (χ3v) is 5.53.